The molecule has 4 heteroatoms. The van der Waals surface area contributed by atoms with Crippen LogP contribution in [0.3, 0.4) is 0 Å². The molecule has 0 radical (unpaired) electrons. The Morgan fingerprint density at radius 3 is 2.56 bits per heavy atom. The van der Waals surface area contributed by atoms with Crippen LogP contribution in [0.25, 0.3) is 0 Å². The summed E-state index contributed by atoms with van der Waals surface area (Å²) in [5.74, 6) is -0.849. The van der Waals surface area contributed by atoms with Gasteiger partial charge in [0, 0.05) is 16.5 Å². The van der Waals surface area contributed by atoms with Crippen molar-refractivity contribution in [2.75, 3.05) is 0 Å². The first-order chi connectivity index (χ1) is 8.58. The van der Waals surface area contributed by atoms with Gasteiger partial charge in [0.15, 0.2) is 5.78 Å². The molecule has 2 rings (SSSR count). The van der Waals surface area contributed by atoms with Crippen LogP contribution < -0.4 is 0 Å². The second-order valence-corrected chi connectivity index (χ2v) is 4.66. The van der Waals surface area contributed by atoms with Gasteiger partial charge in [0.05, 0.1) is 5.56 Å². The number of benzene rings is 2. The van der Waals surface area contributed by atoms with Crippen molar-refractivity contribution in [2.45, 2.75) is 6.42 Å². The molecule has 0 atom stereocenters. The normalized spacial score (nSPS) is 10.4. The highest BCUT2D eigenvalue weighted by Crippen LogP contribution is 2.22. The highest BCUT2D eigenvalue weighted by Gasteiger charge is 2.13. The van der Waals surface area contributed by atoms with Gasteiger partial charge in [0.2, 0.25) is 0 Å². The zero-order valence-electron chi connectivity index (χ0n) is 9.29. The van der Waals surface area contributed by atoms with Crippen LogP contribution in [0.5, 0.6) is 0 Å². The fourth-order valence-electron chi connectivity index (χ4n) is 1.63. The van der Waals surface area contributed by atoms with Crippen LogP contribution in [0.15, 0.2) is 42.5 Å². The highest BCUT2D eigenvalue weighted by atomic mass is 35.5. The lowest BCUT2D eigenvalue weighted by Crippen LogP contribution is -2.06. The molecule has 0 saturated heterocycles. The van der Waals surface area contributed by atoms with E-state index < -0.39 is 5.82 Å². The van der Waals surface area contributed by atoms with E-state index in [4.69, 9.17) is 23.2 Å². The number of hydrogen-bond donors (Lipinski definition) is 0. The van der Waals surface area contributed by atoms with E-state index in [2.05, 4.69) is 0 Å². The summed E-state index contributed by atoms with van der Waals surface area (Å²) >= 11 is 11.8. The van der Waals surface area contributed by atoms with Crippen LogP contribution in [0, 0.1) is 5.82 Å². The van der Waals surface area contributed by atoms with Crippen molar-refractivity contribution >= 4 is 29.0 Å². The van der Waals surface area contributed by atoms with E-state index in [-0.39, 0.29) is 17.8 Å². The maximum atomic E-state index is 13.4. The molecule has 92 valence electrons. The van der Waals surface area contributed by atoms with Gasteiger partial charge in [-0.05, 0) is 35.9 Å². The second-order valence-electron chi connectivity index (χ2n) is 3.82. The number of carbonyl (C=O) groups is 1. The van der Waals surface area contributed by atoms with Crippen LogP contribution in [-0.2, 0) is 6.42 Å². The Kier molecular flexibility index (Phi) is 4.00. The summed E-state index contributed by atoms with van der Waals surface area (Å²) in [4.78, 5) is 12.0. The predicted molar refractivity (Wildman–Crippen MR) is 70.9 cm³/mol. The van der Waals surface area contributed by atoms with Gasteiger partial charge >= 0.3 is 0 Å². The molecule has 0 unspecified atom stereocenters. The average Bonchev–Trinajstić information content (AvgIpc) is 2.34. The fraction of sp³-hybridized carbons (Fsp3) is 0.0714. The van der Waals surface area contributed by atoms with E-state index in [0.717, 1.165) is 0 Å². The number of ketones is 1. The third kappa shape index (κ3) is 2.89. The summed E-state index contributed by atoms with van der Waals surface area (Å²) in [5.41, 5.74) is 0.658. The van der Waals surface area contributed by atoms with Gasteiger partial charge in [-0.3, -0.25) is 4.79 Å². The molecule has 0 aliphatic rings. The maximum absolute atomic E-state index is 13.4. The quantitative estimate of drug-likeness (QED) is 0.755. The lowest BCUT2D eigenvalue weighted by atomic mass is 10.0. The first-order valence-corrected chi connectivity index (χ1v) is 6.05. The number of halogens is 3. The van der Waals surface area contributed by atoms with Gasteiger partial charge in [-0.25, -0.2) is 4.39 Å². The minimum Gasteiger partial charge on any atom is -0.294 e. The standard InChI is InChI=1S/C14H9Cl2FO/c15-10-5-6-12(16)9(7-10)8-14(18)11-3-1-2-4-13(11)17/h1-7H,8H2. The molecule has 0 spiro atoms. The smallest absolute Gasteiger partial charge is 0.170 e. The van der Waals surface area contributed by atoms with Gasteiger partial charge in [0.1, 0.15) is 5.82 Å². The van der Waals surface area contributed by atoms with Crippen molar-refractivity contribution < 1.29 is 9.18 Å². The first-order valence-electron chi connectivity index (χ1n) is 5.29. The van der Waals surface area contributed by atoms with E-state index >= 15 is 0 Å². The van der Waals surface area contributed by atoms with Crippen molar-refractivity contribution in [2.24, 2.45) is 0 Å². The van der Waals surface area contributed by atoms with Crippen LogP contribution in [0.4, 0.5) is 4.39 Å². The minimum atomic E-state index is -0.527. The molecule has 2 aromatic carbocycles. The van der Waals surface area contributed by atoms with Crippen molar-refractivity contribution in [3.05, 3.63) is 69.5 Å². The molecule has 0 amide bonds. The van der Waals surface area contributed by atoms with Crippen molar-refractivity contribution in [3.8, 4) is 0 Å². The maximum Gasteiger partial charge on any atom is 0.170 e. The van der Waals surface area contributed by atoms with Crippen LogP contribution in [0.2, 0.25) is 10.0 Å². The topological polar surface area (TPSA) is 17.1 Å². The molecular weight excluding hydrogens is 274 g/mol. The Labute approximate surface area is 114 Å². The summed E-state index contributed by atoms with van der Waals surface area (Å²) in [6, 6.07) is 10.7. The lowest BCUT2D eigenvalue weighted by Gasteiger charge is -2.05. The monoisotopic (exact) mass is 282 g/mol. The molecule has 2 aromatic rings. The minimum absolute atomic E-state index is 0.0281. The van der Waals surface area contributed by atoms with Crippen molar-refractivity contribution in [3.63, 3.8) is 0 Å². The third-order valence-corrected chi connectivity index (χ3v) is 3.14. The average molecular weight is 283 g/mol. The summed E-state index contributed by atoms with van der Waals surface area (Å²) in [5, 5.41) is 0.944. The molecular formula is C14H9Cl2FO. The molecule has 0 N–H and O–H groups in total. The first kappa shape index (κ1) is 13.1. The second kappa shape index (κ2) is 5.51. The SMILES string of the molecule is O=C(Cc1cc(Cl)ccc1Cl)c1ccccc1F. The van der Waals surface area contributed by atoms with Gasteiger partial charge < -0.3 is 0 Å². The number of hydrogen-bond acceptors (Lipinski definition) is 1. The van der Waals surface area contributed by atoms with Gasteiger partial charge in [-0.1, -0.05) is 35.3 Å². The molecule has 0 aliphatic carbocycles. The van der Waals surface area contributed by atoms with Crippen molar-refractivity contribution in [1.82, 2.24) is 0 Å². The number of rotatable bonds is 3. The number of Topliss-reactive ketones (excluding diaryl/α,β-unsaturated/α-hetero) is 1. The molecule has 0 aromatic heterocycles. The van der Waals surface area contributed by atoms with E-state index in [1.165, 1.54) is 12.1 Å². The Balaban J connectivity index is 2.27. The van der Waals surface area contributed by atoms with Crippen LogP contribution in [-0.4, -0.2) is 5.78 Å². The van der Waals surface area contributed by atoms with E-state index in [0.29, 0.717) is 15.6 Å². The zero-order chi connectivity index (χ0) is 13.1. The summed E-state index contributed by atoms with van der Waals surface area (Å²) in [6.07, 6.45) is 0.0281. The molecule has 0 saturated carbocycles. The molecule has 1 nitrogen and oxygen atoms in total. The highest BCUT2D eigenvalue weighted by molar-refractivity contribution is 6.33. The van der Waals surface area contributed by atoms with Gasteiger partial charge in [-0.2, -0.15) is 0 Å². The number of carbonyl (C=O) groups excluding carboxylic acids is 1. The van der Waals surface area contributed by atoms with E-state index in [1.54, 1.807) is 30.3 Å². The van der Waals surface area contributed by atoms with Crippen molar-refractivity contribution in [1.29, 1.82) is 0 Å². The Morgan fingerprint density at radius 2 is 1.83 bits per heavy atom. The third-order valence-electron chi connectivity index (χ3n) is 2.53. The van der Waals surface area contributed by atoms with Gasteiger partial charge in [-0.15, -0.1) is 0 Å². The van der Waals surface area contributed by atoms with E-state index in [1.807, 2.05) is 0 Å². The van der Waals surface area contributed by atoms with Crippen LogP contribution in [0.1, 0.15) is 15.9 Å². The molecule has 0 aliphatic heterocycles. The zero-order valence-corrected chi connectivity index (χ0v) is 10.8. The summed E-state index contributed by atoms with van der Waals surface area (Å²) < 4.78 is 13.4. The summed E-state index contributed by atoms with van der Waals surface area (Å²) in [6.45, 7) is 0. The largest absolute Gasteiger partial charge is 0.294 e. The fourth-order valence-corrected chi connectivity index (χ4v) is 2.01. The van der Waals surface area contributed by atoms with Crippen LogP contribution >= 0.6 is 23.2 Å². The Bertz CT molecular complexity index is 596. The van der Waals surface area contributed by atoms with E-state index in [9.17, 15) is 9.18 Å². The Hall–Kier alpha value is -1.38. The molecule has 0 bridgehead atoms. The molecule has 18 heavy (non-hydrogen) atoms. The van der Waals surface area contributed by atoms with Gasteiger partial charge in [0.25, 0.3) is 0 Å². The predicted octanol–water partition coefficient (Wildman–Crippen LogP) is 4.56. The molecule has 0 fully saturated rings. The molecule has 0 heterocycles. The lowest BCUT2D eigenvalue weighted by molar-refractivity contribution is 0.0989. The Morgan fingerprint density at radius 1 is 1.11 bits per heavy atom. The summed E-state index contributed by atoms with van der Waals surface area (Å²) in [7, 11) is 0.